The van der Waals surface area contributed by atoms with Crippen LogP contribution in [0, 0.1) is 5.82 Å². The summed E-state index contributed by atoms with van der Waals surface area (Å²) in [6, 6.07) is 12.9. The van der Waals surface area contributed by atoms with Gasteiger partial charge in [0, 0.05) is 30.8 Å². The van der Waals surface area contributed by atoms with Crippen LogP contribution < -0.4 is 5.32 Å². The molecule has 6 heteroatoms. The predicted octanol–water partition coefficient (Wildman–Crippen LogP) is 4.25. The predicted molar refractivity (Wildman–Crippen MR) is 95.4 cm³/mol. The molecule has 0 aliphatic rings. The third kappa shape index (κ3) is 5.55. The zero-order chi connectivity index (χ0) is 17.5. The van der Waals surface area contributed by atoms with Crippen LogP contribution in [-0.2, 0) is 4.79 Å². The van der Waals surface area contributed by atoms with E-state index in [1.807, 2.05) is 0 Å². The van der Waals surface area contributed by atoms with E-state index in [1.165, 1.54) is 23.1 Å². The molecule has 0 aromatic heterocycles. The van der Waals surface area contributed by atoms with Gasteiger partial charge < -0.3 is 10.2 Å². The van der Waals surface area contributed by atoms with Crippen molar-refractivity contribution in [3.05, 3.63) is 66.0 Å². The largest absolute Gasteiger partial charge is 0.339 e. The lowest BCUT2D eigenvalue weighted by Gasteiger charge is -2.10. The summed E-state index contributed by atoms with van der Waals surface area (Å²) in [7, 11) is 3.36. The molecule has 2 aromatic carbocycles. The van der Waals surface area contributed by atoms with E-state index >= 15 is 0 Å². The van der Waals surface area contributed by atoms with Gasteiger partial charge in [0.25, 0.3) is 5.24 Å². The van der Waals surface area contributed by atoms with Crippen molar-refractivity contribution in [2.24, 2.45) is 0 Å². The van der Waals surface area contributed by atoms with Crippen molar-refractivity contribution in [1.82, 2.24) is 4.90 Å². The highest BCUT2D eigenvalue weighted by Crippen LogP contribution is 2.23. The van der Waals surface area contributed by atoms with Crippen molar-refractivity contribution in [1.29, 1.82) is 0 Å². The highest BCUT2D eigenvalue weighted by atomic mass is 32.2. The first kappa shape index (κ1) is 17.7. The molecule has 24 heavy (non-hydrogen) atoms. The summed E-state index contributed by atoms with van der Waals surface area (Å²) in [6.45, 7) is 0. The maximum absolute atomic E-state index is 12.8. The van der Waals surface area contributed by atoms with Crippen molar-refractivity contribution in [2.75, 3.05) is 19.4 Å². The van der Waals surface area contributed by atoms with Crippen LogP contribution in [0.1, 0.15) is 5.56 Å². The summed E-state index contributed by atoms with van der Waals surface area (Å²) < 4.78 is 12.8. The molecule has 124 valence electrons. The van der Waals surface area contributed by atoms with Crippen LogP contribution in [0.3, 0.4) is 0 Å². The van der Waals surface area contributed by atoms with Crippen LogP contribution in [-0.4, -0.2) is 30.1 Å². The second-order valence-electron chi connectivity index (χ2n) is 5.16. The normalized spacial score (nSPS) is 10.6. The SMILES string of the molecule is CN(C)C(=O)Sc1cccc(NC(=O)/C=C/c2ccc(F)cc2)c1. The third-order valence-corrected chi connectivity index (χ3v) is 4.00. The number of hydrogen-bond acceptors (Lipinski definition) is 3. The lowest BCUT2D eigenvalue weighted by atomic mass is 10.2. The molecule has 0 atom stereocenters. The van der Waals surface area contributed by atoms with Gasteiger partial charge in [0.15, 0.2) is 0 Å². The minimum atomic E-state index is -0.321. The molecule has 0 saturated heterocycles. The van der Waals surface area contributed by atoms with Crippen LogP contribution in [0.4, 0.5) is 14.9 Å². The fourth-order valence-corrected chi connectivity index (χ4v) is 2.48. The number of amides is 2. The van der Waals surface area contributed by atoms with E-state index < -0.39 is 0 Å². The fourth-order valence-electron chi connectivity index (χ4n) is 1.76. The van der Waals surface area contributed by atoms with Gasteiger partial charge in [0.1, 0.15) is 5.82 Å². The smallest absolute Gasteiger partial charge is 0.285 e. The van der Waals surface area contributed by atoms with Crippen LogP contribution in [0.25, 0.3) is 6.08 Å². The number of carbonyl (C=O) groups excluding carboxylic acids is 2. The maximum atomic E-state index is 12.8. The lowest BCUT2D eigenvalue weighted by molar-refractivity contribution is -0.111. The summed E-state index contributed by atoms with van der Waals surface area (Å²) >= 11 is 1.09. The Morgan fingerprint density at radius 3 is 2.50 bits per heavy atom. The highest BCUT2D eigenvalue weighted by molar-refractivity contribution is 8.13. The van der Waals surface area contributed by atoms with Crippen molar-refractivity contribution >= 4 is 34.7 Å². The summed E-state index contributed by atoms with van der Waals surface area (Å²) in [5.74, 6) is -0.626. The summed E-state index contributed by atoms with van der Waals surface area (Å²) in [5, 5.41) is 2.64. The molecule has 0 radical (unpaired) electrons. The molecule has 0 fully saturated rings. The zero-order valence-corrected chi connectivity index (χ0v) is 14.1. The fraction of sp³-hybridized carbons (Fsp3) is 0.111. The minimum absolute atomic E-state index is 0.0883. The number of halogens is 1. The number of carbonyl (C=O) groups is 2. The Labute approximate surface area is 144 Å². The van der Waals surface area contributed by atoms with Gasteiger partial charge in [0.05, 0.1) is 0 Å². The van der Waals surface area contributed by atoms with E-state index in [2.05, 4.69) is 5.32 Å². The number of rotatable bonds is 4. The molecule has 0 saturated carbocycles. The topological polar surface area (TPSA) is 49.4 Å². The Balaban J connectivity index is 1.98. The molecular weight excluding hydrogens is 327 g/mol. The van der Waals surface area contributed by atoms with Gasteiger partial charge in [-0.05, 0) is 53.7 Å². The van der Waals surface area contributed by atoms with E-state index in [0.29, 0.717) is 5.69 Å². The Morgan fingerprint density at radius 1 is 1.12 bits per heavy atom. The lowest BCUT2D eigenvalue weighted by Crippen LogP contribution is -2.16. The van der Waals surface area contributed by atoms with Gasteiger partial charge in [-0.2, -0.15) is 0 Å². The molecular formula is C18H17FN2O2S. The third-order valence-electron chi connectivity index (χ3n) is 2.97. The van der Waals surface area contributed by atoms with Crippen LogP contribution >= 0.6 is 11.8 Å². The van der Waals surface area contributed by atoms with Crippen molar-refractivity contribution in [2.45, 2.75) is 4.90 Å². The van der Waals surface area contributed by atoms with Gasteiger partial charge in [-0.25, -0.2) is 4.39 Å². The second kappa shape index (κ2) is 8.31. The molecule has 0 heterocycles. The van der Waals surface area contributed by atoms with E-state index in [0.717, 1.165) is 22.2 Å². The summed E-state index contributed by atoms with van der Waals surface area (Å²) in [6.07, 6.45) is 2.97. The van der Waals surface area contributed by atoms with E-state index in [4.69, 9.17) is 0 Å². The van der Waals surface area contributed by atoms with Gasteiger partial charge in [0.2, 0.25) is 5.91 Å². The van der Waals surface area contributed by atoms with Gasteiger partial charge >= 0.3 is 0 Å². The number of benzene rings is 2. The standard InChI is InChI=1S/C18H17FN2O2S/c1-21(2)18(23)24-16-5-3-4-15(12-16)20-17(22)11-8-13-6-9-14(19)10-7-13/h3-12H,1-2H3,(H,20,22)/b11-8+. The van der Waals surface area contributed by atoms with Gasteiger partial charge in [-0.1, -0.05) is 18.2 Å². The minimum Gasteiger partial charge on any atom is -0.339 e. The molecule has 2 rings (SSSR count). The molecule has 0 aliphatic heterocycles. The molecule has 0 aliphatic carbocycles. The van der Waals surface area contributed by atoms with Crippen molar-refractivity contribution in [3.8, 4) is 0 Å². The van der Waals surface area contributed by atoms with E-state index in [-0.39, 0.29) is 17.0 Å². The Bertz CT molecular complexity index is 758. The zero-order valence-electron chi connectivity index (χ0n) is 13.3. The molecule has 0 unspecified atom stereocenters. The molecule has 1 N–H and O–H groups in total. The first-order chi connectivity index (χ1) is 11.4. The van der Waals surface area contributed by atoms with Crippen molar-refractivity contribution in [3.63, 3.8) is 0 Å². The van der Waals surface area contributed by atoms with Crippen LogP contribution in [0.2, 0.25) is 0 Å². The average molecular weight is 344 g/mol. The number of nitrogens with zero attached hydrogens (tertiary/aromatic N) is 1. The average Bonchev–Trinajstić information content (AvgIpc) is 2.54. The van der Waals surface area contributed by atoms with Crippen LogP contribution in [0.5, 0.6) is 0 Å². The molecule has 0 spiro atoms. The van der Waals surface area contributed by atoms with E-state index in [9.17, 15) is 14.0 Å². The van der Waals surface area contributed by atoms with Gasteiger partial charge in [-0.3, -0.25) is 9.59 Å². The number of nitrogens with one attached hydrogen (secondary N) is 1. The molecule has 0 bridgehead atoms. The number of thioether (sulfide) groups is 1. The highest BCUT2D eigenvalue weighted by Gasteiger charge is 2.07. The molecule has 2 amide bonds. The monoisotopic (exact) mass is 344 g/mol. The number of hydrogen-bond donors (Lipinski definition) is 1. The Kier molecular flexibility index (Phi) is 6.14. The summed E-state index contributed by atoms with van der Waals surface area (Å²) in [4.78, 5) is 25.9. The maximum Gasteiger partial charge on any atom is 0.285 e. The molecule has 4 nitrogen and oxygen atoms in total. The second-order valence-corrected chi connectivity index (χ2v) is 6.19. The first-order valence-electron chi connectivity index (χ1n) is 7.18. The van der Waals surface area contributed by atoms with E-state index in [1.54, 1.807) is 56.6 Å². The Hall–Kier alpha value is -2.60. The first-order valence-corrected chi connectivity index (χ1v) is 7.99. The van der Waals surface area contributed by atoms with Gasteiger partial charge in [-0.15, -0.1) is 0 Å². The quantitative estimate of drug-likeness (QED) is 0.666. The van der Waals surface area contributed by atoms with Crippen LogP contribution in [0.15, 0.2) is 59.5 Å². The summed E-state index contributed by atoms with van der Waals surface area (Å²) in [5.41, 5.74) is 1.33. The number of anilines is 1. The van der Waals surface area contributed by atoms with Crippen molar-refractivity contribution < 1.29 is 14.0 Å². The Morgan fingerprint density at radius 2 is 1.83 bits per heavy atom. The molecule has 2 aromatic rings.